The van der Waals surface area contributed by atoms with Crippen LogP contribution in [0.15, 0.2) is 0 Å². The number of carboxylic acids is 2. The second-order valence-electron chi connectivity index (χ2n) is 3.36. The van der Waals surface area contributed by atoms with Gasteiger partial charge in [-0.15, -0.1) is 0 Å². The van der Waals surface area contributed by atoms with Crippen molar-refractivity contribution in [1.29, 1.82) is 0 Å². The summed E-state index contributed by atoms with van der Waals surface area (Å²) in [5.74, 6) is -2.17. The van der Waals surface area contributed by atoms with Gasteiger partial charge in [0.05, 0.1) is 0 Å². The molecule has 0 fully saturated rings. The van der Waals surface area contributed by atoms with Crippen LogP contribution in [0.5, 0.6) is 0 Å². The zero-order chi connectivity index (χ0) is 14.1. The monoisotopic (exact) mass is 441 g/mol. The van der Waals surface area contributed by atoms with Gasteiger partial charge in [0.1, 0.15) is 0 Å². The number of carbonyl (C=O) groups is 2. The number of aliphatic carboxylic acids is 2. The van der Waals surface area contributed by atoms with Gasteiger partial charge in [-0.3, -0.25) is 0 Å². The molecule has 5 heteroatoms. The van der Waals surface area contributed by atoms with E-state index in [4.69, 9.17) is 19.8 Å². The zero-order valence-corrected chi connectivity index (χ0v) is 14.8. The summed E-state index contributed by atoms with van der Waals surface area (Å²) in [5, 5.41) is 17.8. The van der Waals surface area contributed by atoms with Crippen LogP contribution in [0.3, 0.4) is 0 Å². The molecule has 0 rings (SSSR count). The molecule has 0 heterocycles. The van der Waals surface area contributed by atoms with Crippen molar-refractivity contribution in [1.82, 2.24) is 0 Å². The molecule has 0 aromatic rings. The average molecular weight is 441 g/mol. The SMILES string of the molecule is CC(=O)[O-].CC(=O)[O-].CCC[CH2][Bi+2][CH2]CCC. The van der Waals surface area contributed by atoms with Gasteiger partial charge in [-0.2, -0.15) is 0 Å². The molecule has 0 aromatic heterocycles. The number of hydrogen-bond acceptors (Lipinski definition) is 4. The van der Waals surface area contributed by atoms with Gasteiger partial charge in [-0.25, -0.2) is 0 Å². The Morgan fingerprint density at radius 3 is 1.29 bits per heavy atom. The van der Waals surface area contributed by atoms with E-state index in [-0.39, 0.29) is 23.2 Å². The van der Waals surface area contributed by atoms with Gasteiger partial charge in [0.25, 0.3) is 0 Å². The van der Waals surface area contributed by atoms with Crippen molar-refractivity contribution in [2.75, 3.05) is 0 Å². The Morgan fingerprint density at radius 1 is 0.882 bits per heavy atom. The van der Waals surface area contributed by atoms with Gasteiger partial charge in [0, 0.05) is 11.9 Å². The molecule has 0 spiro atoms. The van der Waals surface area contributed by atoms with Gasteiger partial charge in [0.2, 0.25) is 0 Å². The third-order valence-corrected chi connectivity index (χ3v) is 6.26. The molecule has 0 N–H and O–H groups in total. The van der Waals surface area contributed by atoms with E-state index in [1.807, 2.05) is 0 Å². The molecule has 101 valence electrons. The molecule has 0 unspecified atom stereocenters. The van der Waals surface area contributed by atoms with Crippen LogP contribution < -0.4 is 10.2 Å². The predicted molar refractivity (Wildman–Crippen MR) is 66.5 cm³/mol. The van der Waals surface area contributed by atoms with Gasteiger partial charge in [0.15, 0.2) is 0 Å². The Bertz CT molecular complexity index is 146. The van der Waals surface area contributed by atoms with Crippen molar-refractivity contribution in [3.8, 4) is 0 Å². The molecular formula is C12H24BiO4. The topological polar surface area (TPSA) is 80.3 Å². The molecule has 17 heavy (non-hydrogen) atoms. The quantitative estimate of drug-likeness (QED) is 0.448. The number of carbonyl (C=O) groups excluding carboxylic acids is 2. The Morgan fingerprint density at radius 2 is 1.12 bits per heavy atom. The summed E-state index contributed by atoms with van der Waals surface area (Å²) in [6, 6.07) is 0. The molecular weight excluding hydrogens is 417 g/mol. The van der Waals surface area contributed by atoms with Crippen LogP contribution in [0, 0.1) is 0 Å². The van der Waals surface area contributed by atoms with E-state index in [1.54, 1.807) is 8.26 Å². The summed E-state index contributed by atoms with van der Waals surface area (Å²) in [6.45, 7) is 6.53. The molecule has 1 radical (unpaired) electrons. The fourth-order valence-corrected chi connectivity index (χ4v) is 5.72. The van der Waals surface area contributed by atoms with Gasteiger partial charge < -0.3 is 19.8 Å². The van der Waals surface area contributed by atoms with Crippen molar-refractivity contribution in [3.05, 3.63) is 0 Å². The molecule has 0 saturated carbocycles. The fraction of sp³-hybridized carbons (Fsp3) is 0.833. The minimum atomic E-state index is -1.08. The van der Waals surface area contributed by atoms with E-state index < -0.39 is 11.9 Å². The summed E-state index contributed by atoms with van der Waals surface area (Å²) < 4.78 is 3.27. The van der Waals surface area contributed by atoms with Crippen molar-refractivity contribution in [2.45, 2.75) is 61.6 Å². The Labute approximate surface area is 116 Å². The molecule has 0 bridgehead atoms. The number of rotatable bonds is 6. The zero-order valence-electron chi connectivity index (χ0n) is 11.3. The second-order valence-corrected chi connectivity index (χ2v) is 8.58. The third-order valence-electron chi connectivity index (χ3n) is 1.34. The van der Waals surface area contributed by atoms with Crippen LogP contribution >= 0.6 is 0 Å². The van der Waals surface area contributed by atoms with Crippen molar-refractivity contribution in [3.63, 3.8) is 0 Å². The number of carboxylic acid groups (broad SMARTS) is 2. The molecule has 0 aromatic carbocycles. The summed E-state index contributed by atoms with van der Waals surface area (Å²) in [4.78, 5) is 17.8. The summed E-state index contributed by atoms with van der Waals surface area (Å²) in [5.41, 5.74) is 0. The van der Waals surface area contributed by atoms with Crippen LogP contribution in [0.1, 0.15) is 53.4 Å². The molecule has 0 aliphatic heterocycles. The van der Waals surface area contributed by atoms with Gasteiger partial charge in [-0.1, -0.05) is 0 Å². The summed E-state index contributed by atoms with van der Waals surface area (Å²) in [7, 11) is 0. The van der Waals surface area contributed by atoms with E-state index in [1.165, 1.54) is 25.7 Å². The summed E-state index contributed by atoms with van der Waals surface area (Å²) >= 11 is 0.0681. The first-order valence-electron chi connectivity index (χ1n) is 5.86. The van der Waals surface area contributed by atoms with E-state index in [2.05, 4.69) is 13.8 Å². The molecule has 0 aliphatic rings. The van der Waals surface area contributed by atoms with Crippen LogP contribution in [-0.4, -0.2) is 35.2 Å². The molecule has 0 saturated heterocycles. The minimum absolute atomic E-state index is 0.0681. The van der Waals surface area contributed by atoms with E-state index in [0.29, 0.717) is 0 Å². The van der Waals surface area contributed by atoms with Crippen LogP contribution in [-0.2, 0) is 9.59 Å². The van der Waals surface area contributed by atoms with E-state index in [9.17, 15) is 0 Å². The Hall–Kier alpha value is -0.177. The summed E-state index contributed by atoms with van der Waals surface area (Å²) in [6.07, 6.45) is 5.85. The molecule has 4 nitrogen and oxygen atoms in total. The maximum atomic E-state index is 8.89. The van der Waals surface area contributed by atoms with Crippen molar-refractivity contribution < 1.29 is 19.8 Å². The first kappa shape index (κ1) is 22.0. The first-order chi connectivity index (χ1) is 7.88. The first-order valence-corrected chi connectivity index (χ1v) is 10.8. The molecule has 0 aliphatic carbocycles. The maximum absolute atomic E-state index is 8.89. The van der Waals surface area contributed by atoms with Crippen molar-refractivity contribution in [2.24, 2.45) is 0 Å². The Balaban J connectivity index is -0.000000205. The van der Waals surface area contributed by atoms with Crippen LogP contribution in [0.2, 0.25) is 8.26 Å². The van der Waals surface area contributed by atoms with E-state index in [0.717, 1.165) is 13.8 Å². The van der Waals surface area contributed by atoms with Gasteiger partial charge >= 0.3 is 71.0 Å². The Kier molecular flexibility index (Phi) is 27.4. The average Bonchev–Trinajstić information content (AvgIpc) is 2.16. The fourth-order valence-electron chi connectivity index (χ4n) is 0.652. The van der Waals surface area contributed by atoms with Crippen molar-refractivity contribution >= 4 is 35.2 Å². The van der Waals surface area contributed by atoms with Crippen LogP contribution in [0.4, 0.5) is 0 Å². The normalized spacial score (nSPS) is 8.00. The third kappa shape index (κ3) is 89.2. The standard InChI is InChI=1S/2C4H9.2C2H4O2.Bi/c2*1-3-4-2;2*1-2(3)4;/h2*1,3-4H2,2H3;2*1H3,(H,3,4);/q;;;;+2/p-2. The number of hydrogen-bond donors (Lipinski definition) is 0. The number of unbranched alkanes of at least 4 members (excludes halogenated alkanes) is 2. The second kappa shape index (κ2) is 21.1. The molecule has 0 atom stereocenters. The molecule has 0 amide bonds. The van der Waals surface area contributed by atoms with Gasteiger partial charge in [-0.05, 0) is 13.8 Å². The van der Waals surface area contributed by atoms with E-state index >= 15 is 0 Å². The van der Waals surface area contributed by atoms with Crippen LogP contribution in [0.25, 0.3) is 0 Å². The predicted octanol–water partition coefficient (Wildman–Crippen LogP) is 0.640.